The minimum absolute atomic E-state index is 0.288. The molecule has 4 nitrogen and oxygen atoms in total. The second-order valence-corrected chi connectivity index (χ2v) is 5.36. The first-order valence-electron chi connectivity index (χ1n) is 5.94. The van der Waals surface area contributed by atoms with E-state index < -0.39 is 11.8 Å². The molecular formula is C13H16Cl2N2O2. The highest BCUT2D eigenvalue weighted by molar-refractivity contribution is 6.42. The zero-order valence-corrected chi connectivity index (χ0v) is 12.3. The van der Waals surface area contributed by atoms with Crippen LogP contribution in [0.5, 0.6) is 0 Å². The lowest BCUT2D eigenvalue weighted by molar-refractivity contribution is -0.136. The van der Waals surface area contributed by atoms with Gasteiger partial charge in [-0.15, -0.1) is 0 Å². The summed E-state index contributed by atoms with van der Waals surface area (Å²) in [6.45, 7) is 4.55. The van der Waals surface area contributed by atoms with Crippen LogP contribution >= 0.6 is 23.2 Å². The third-order valence-corrected chi connectivity index (χ3v) is 2.94. The van der Waals surface area contributed by atoms with Gasteiger partial charge in [0.1, 0.15) is 0 Å². The second kappa shape index (κ2) is 7.36. The Morgan fingerprint density at radius 1 is 1.21 bits per heavy atom. The van der Waals surface area contributed by atoms with Crippen LogP contribution in [0, 0.1) is 5.92 Å². The Bertz CT molecular complexity index is 476. The lowest BCUT2D eigenvalue weighted by Crippen LogP contribution is -2.36. The highest BCUT2D eigenvalue weighted by Gasteiger charge is 2.14. The Hall–Kier alpha value is -1.26. The van der Waals surface area contributed by atoms with Crippen LogP contribution in [0.15, 0.2) is 18.2 Å². The summed E-state index contributed by atoms with van der Waals surface area (Å²) < 4.78 is 0. The number of halogens is 2. The molecule has 1 aromatic rings. The molecule has 0 aliphatic rings. The maximum atomic E-state index is 11.6. The van der Waals surface area contributed by atoms with E-state index in [0.717, 1.165) is 6.42 Å². The number of hydrogen-bond acceptors (Lipinski definition) is 2. The standard InChI is InChI=1S/C13H16Cl2N2O2/c1-8(2)5-6-16-12(18)13(19)17-11-4-3-9(14)7-10(11)15/h3-4,7-8H,5-6H2,1-2H3,(H,16,18)(H,17,19). The van der Waals surface area contributed by atoms with Gasteiger partial charge in [0.15, 0.2) is 0 Å². The molecule has 6 heteroatoms. The van der Waals surface area contributed by atoms with E-state index in [0.29, 0.717) is 23.2 Å². The first-order valence-corrected chi connectivity index (χ1v) is 6.70. The summed E-state index contributed by atoms with van der Waals surface area (Å²) in [5, 5.41) is 5.73. The van der Waals surface area contributed by atoms with Crippen molar-refractivity contribution in [3.05, 3.63) is 28.2 Å². The van der Waals surface area contributed by atoms with Crippen molar-refractivity contribution in [2.75, 3.05) is 11.9 Å². The highest BCUT2D eigenvalue weighted by Crippen LogP contribution is 2.25. The Balaban J connectivity index is 2.52. The van der Waals surface area contributed by atoms with Crippen molar-refractivity contribution in [3.8, 4) is 0 Å². The summed E-state index contributed by atoms with van der Waals surface area (Å²) in [5.41, 5.74) is 0.357. The van der Waals surface area contributed by atoms with Crippen LogP contribution in [0.25, 0.3) is 0 Å². The fourth-order valence-electron chi connectivity index (χ4n) is 1.32. The molecule has 0 aromatic heterocycles. The molecule has 1 aromatic carbocycles. The Labute approximate surface area is 122 Å². The van der Waals surface area contributed by atoms with Crippen LogP contribution in [0.3, 0.4) is 0 Å². The van der Waals surface area contributed by atoms with Crippen LogP contribution in [-0.2, 0) is 9.59 Å². The molecule has 0 unspecified atom stereocenters. The van der Waals surface area contributed by atoms with Crippen LogP contribution < -0.4 is 10.6 Å². The van der Waals surface area contributed by atoms with Gasteiger partial charge in [-0.25, -0.2) is 0 Å². The van der Waals surface area contributed by atoms with Gasteiger partial charge in [0, 0.05) is 11.6 Å². The molecular weight excluding hydrogens is 287 g/mol. The SMILES string of the molecule is CC(C)CCNC(=O)C(=O)Nc1ccc(Cl)cc1Cl. The first kappa shape index (κ1) is 15.8. The van der Waals surface area contributed by atoms with E-state index >= 15 is 0 Å². The van der Waals surface area contributed by atoms with E-state index in [1.165, 1.54) is 6.07 Å². The van der Waals surface area contributed by atoms with Crippen molar-refractivity contribution >= 4 is 40.7 Å². The first-order chi connectivity index (χ1) is 8.90. The fourth-order valence-corrected chi connectivity index (χ4v) is 1.78. The topological polar surface area (TPSA) is 58.2 Å². The van der Waals surface area contributed by atoms with Gasteiger partial charge in [-0.3, -0.25) is 9.59 Å². The molecule has 0 aliphatic carbocycles. The van der Waals surface area contributed by atoms with Crippen molar-refractivity contribution in [1.29, 1.82) is 0 Å². The molecule has 19 heavy (non-hydrogen) atoms. The average Bonchev–Trinajstić information content (AvgIpc) is 2.32. The van der Waals surface area contributed by atoms with Gasteiger partial charge in [0.05, 0.1) is 10.7 Å². The van der Waals surface area contributed by atoms with Crippen molar-refractivity contribution in [1.82, 2.24) is 5.32 Å². The third-order valence-electron chi connectivity index (χ3n) is 2.39. The molecule has 0 fully saturated rings. The molecule has 104 valence electrons. The van der Waals surface area contributed by atoms with Gasteiger partial charge in [-0.05, 0) is 30.5 Å². The summed E-state index contributed by atoms with van der Waals surface area (Å²) in [6.07, 6.45) is 0.820. The van der Waals surface area contributed by atoms with Gasteiger partial charge in [-0.2, -0.15) is 0 Å². The van der Waals surface area contributed by atoms with E-state index in [1.54, 1.807) is 12.1 Å². The lowest BCUT2D eigenvalue weighted by Gasteiger charge is -2.09. The summed E-state index contributed by atoms with van der Waals surface area (Å²) in [5.74, 6) is -0.950. The number of nitrogens with one attached hydrogen (secondary N) is 2. The number of carbonyl (C=O) groups excluding carboxylic acids is 2. The van der Waals surface area contributed by atoms with Crippen LogP contribution in [0.2, 0.25) is 10.0 Å². The molecule has 0 bridgehead atoms. The highest BCUT2D eigenvalue weighted by atomic mass is 35.5. The van der Waals surface area contributed by atoms with Crippen LogP contribution in [0.4, 0.5) is 5.69 Å². The molecule has 0 spiro atoms. The summed E-state index contributed by atoms with van der Waals surface area (Å²) in [4.78, 5) is 23.1. The zero-order chi connectivity index (χ0) is 14.4. The maximum Gasteiger partial charge on any atom is 0.313 e. The van der Waals surface area contributed by atoms with Crippen molar-refractivity contribution < 1.29 is 9.59 Å². The maximum absolute atomic E-state index is 11.6. The summed E-state index contributed by atoms with van der Waals surface area (Å²) in [6, 6.07) is 4.62. The van der Waals surface area contributed by atoms with Crippen molar-refractivity contribution in [3.63, 3.8) is 0 Å². The van der Waals surface area contributed by atoms with Gasteiger partial charge in [0.25, 0.3) is 0 Å². The molecule has 0 atom stereocenters. The zero-order valence-electron chi connectivity index (χ0n) is 10.8. The second-order valence-electron chi connectivity index (χ2n) is 4.52. The Morgan fingerprint density at radius 3 is 2.47 bits per heavy atom. The van der Waals surface area contributed by atoms with E-state index in [4.69, 9.17) is 23.2 Å². The molecule has 0 saturated heterocycles. The van der Waals surface area contributed by atoms with E-state index in [-0.39, 0.29) is 5.02 Å². The normalized spacial score (nSPS) is 10.4. The Morgan fingerprint density at radius 2 is 1.89 bits per heavy atom. The monoisotopic (exact) mass is 302 g/mol. The minimum atomic E-state index is -0.743. The number of rotatable bonds is 4. The summed E-state index contributed by atoms with van der Waals surface area (Å²) >= 11 is 11.6. The van der Waals surface area contributed by atoms with Crippen molar-refractivity contribution in [2.24, 2.45) is 5.92 Å². The van der Waals surface area contributed by atoms with E-state index in [2.05, 4.69) is 10.6 Å². The largest absolute Gasteiger partial charge is 0.348 e. The molecule has 2 N–H and O–H groups in total. The minimum Gasteiger partial charge on any atom is -0.348 e. The molecule has 0 aliphatic heterocycles. The van der Waals surface area contributed by atoms with Crippen molar-refractivity contribution in [2.45, 2.75) is 20.3 Å². The third kappa shape index (κ3) is 5.49. The quantitative estimate of drug-likeness (QED) is 0.840. The number of amides is 2. The van der Waals surface area contributed by atoms with Gasteiger partial charge < -0.3 is 10.6 Å². The predicted molar refractivity (Wildman–Crippen MR) is 77.6 cm³/mol. The van der Waals surface area contributed by atoms with Crippen LogP contribution in [-0.4, -0.2) is 18.4 Å². The molecule has 0 heterocycles. The predicted octanol–water partition coefficient (Wildman–Crippen LogP) is 3.09. The number of benzene rings is 1. The molecule has 0 radical (unpaired) electrons. The Kier molecular flexibility index (Phi) is 6.12. The lowest BCUT2D eigenvalue weighted by atomic mass is 10.1. The number of hydrogen-bond donors (Lipinski definition) is 2. The summed E-state index contributed by atoms with van der Waals surface area (Å²) in [7, 11) is 0. The smallest absolute Gasteiger partial charge is 0.313 e. The average molecular weight is 303 g/mol. The van der Waals surface area contributed by atoms with Gasteiger partial charge in [0.2, 0.25) is 0 Å². The van der Waals surface area contributed by atoms with Gasteiger partial charge >= 0.3 is 11.8 Å². The van der Waals surface area contributed by atoms with Crippen LogP contribution in [0.1, 0.15) is 20.3 Å². The molecule has 1 rings (SSSR count). The van der Waals surface area contributed by atoms with E-state index in [9.17, 15) is 9.59 Å². The molecule has 0 saturated carbocycles. The van der Waals surface area contributed by atoms with E-state index in [1.807, 2.05) is 13.8 Å². The molecule has 2 amide bonds. The number of anilines is 1. The fraction of sp³-hybridized carbons (Fsp3) is 0.385. The number of carbonyl (C=O) groups is 2. The van der Waals surface area contributed by atoms with Gasteiger partial charge in [-0.1, -0.05) is 37.0 Å².